The average Bonchev–Trinajstić information content (AvgIpc) is 2.56. The Labute approximate surface area is 165 Å². The topological polar surface area (TPSA) is 85.9 Å². The molecule has 0 spiro atoms. The molecule has 0 aliphatic heterocycles. The Kier molecular flexibility index (Phi) is 7.38. The molecule has 0 saturated heterocycles. The molecule has 0 heterocycles. The van der Waals surface area contributed by atoms with Gasteiger partial charge in [-0.1, -0.05) is 34.8 Å². The van der Waals surface area contributed by atoms with E-state index in [0.29, 0.717) is 38.9 Å². The second-order valence-corrected chi connectivity index (χ2v) is 6.26. The lowest BCUT2D eigenvalue weighted by Crippen LogP contribution is -2.20. The van der Waals surface area contributed by atoms with Gasteiger partial charge < -0.3 is 15.2 Å². The molecule has 3 N–H and O–H groups in total. The van der Waals surface area contributed by atoms with Crippen molar-refractivity contribution < 1.29 is 14.3 Å². The quantitative estimate of drug-likeness (QED) is 0.494. The number of nitrogens with one attached hydrogen (secondary N) is 1. The zero-order chi connectivity index (χ0) is 19.1. The summed E-state index contributed by atoms with van der Waals surface area (Å²) < 4.78 is 10.8. The monoisotopic (exact) mass is 415 g/mol. The predicted octanol–water partition coefficient (Wildman–Crippen LogP) is 4.36. The van der Waals surface area contributed by atoms with Crippen LogP contribution in [0, 0.1) is 0 Å². The number of anilines is 1. The van der Waals surface area contributed by atoms with Crippen LogP contribution >= 0.6 is 34.8 Å². The molecule has 0 bridgehead atoms. The van der Waals surface area contributed by atoms with Crippen molar-refractivity contribution in [1.29, 1.82) is 0 Å². The molecule has 0 saturated carbocycles. The van der Waals surface area contributed by atoms with Gasteiger partial charge in [-0.2, -0.15) is 5.10 Å². The zero-order valence-corrected chi connectivity index (χ0v) is 16.0. The van der Waals surface area contributed by atoms with Gasteiger partial charge in [0.2, 0.25) is 0 Å². The van der Waals surface area contributed by atoms with Crippen LogP contribution in [0.3, 0.4) is 0 Å². The highest BCUT2D eigenvalue weighted by Crippen LogP contribution is 2.33. The minimum Gasteiger partial charge on any atom is -0.490 e. The minimum absolute atomic E-state index is 0.234. The normalized spacial score (nSPS) is 10.8. The molecule has 0 fully saturated rings. The summed E-state index contributed by atoms with van der Waals surface area (Å²) in [6, 6.07) is 8.25. The van der Waals surface area contributed by atoms with E-state index in [-0.39, 0.29) is 6.61 Å². The smallest absolute Gasteiger partial charge is 0.255 e. The van der Waals surface area contributed by atoms with Gasteiger partial charge in [-0.05, 0) is 42.8 Å². The van der Waals surface area contributed by atoms with Crippen molar-refractivity contribution in [3.05, 3.63) is 51.0 Å². The van der Waals surface area contributed by atoms with Gasteiger partial charge in [0, 0.05) is 5.02 Å². The molecule has 2 aromatic rings. The van der Waals surface area contributed by atoms with Gasteiger partial charge in [-0.25, -0.2) is 0 Å². The van der Waals surface area contributed by atoms with E-state index in [4.69, 9.17) is 50.0 Å². The lowest BCUT2D eigenvalue weighted by molar-refractivity contribution is -0.119. The van der Waals surface area contributed by atoms with Crippen LogP contribution in [0.1, 0.15) is 12.5 Å². The van der Waals surface area contributed by atoms with Gasteiger partial charge in [0.15, 0.2) is 18.1 Å². The van der Waals surface area contributed by atoms with Crippen molar-refractivity contribution in [3.8, 4) is 11.5 Å². The summed E-state index contributed by atoms with van der Waals surface area (Å²) in [5.74, 6) is 0.318. The predicted molar refractivity (Wildman–Crippen MR) is 105 cm³/mol. The van der Waals surface area contributed by atoms with Crippen LogP contribution in [0.5, 0.6) is 11.5 Å². The van der Waals surface area contributed by atoms with Gasteiger partial charge in [-0.15, -0.1) is 0 Å². The maximum Gasteiger partial charge on any atom is 0.255 e. The lowest BCUT2D eigenvalue weighted by atomic mass is 10.2. The Balaban J connectivity index is 2.15. The van der Waals surface area contributed by atoms with Gasteiger partial charge in [-0.3, -0.25) is 10.2 Å². The number of primary amides is 1. The lowest BCUT2D eigenvalue weighted by Gasteiger charge is -2.11. The van der Waals surface area contributed by atoms with Crippen LogP contribution < -0.4 is 20.6 Å². The van der Waals surface area contributed by atoms with E-state index in [2.05, 4.69) is 10.5 Å². The number of hydrogen-bond acceptors (Lipinski definition) is 5. The zero-order valence-electron chi connectivity index (χ0n) is 13.8. The molecule has 0 atom stereocenters. The van der Waals surface area contributed by atoms with Crippen molar-refractivity contribution in [2.75, 3.05) is 18.6 Å². The third-order valence-corrected chi connectivity index (χ3v) is 3.85. The van der Waals surface area contributed by atoms with Gasteiger partial charge >= 0.3 is 0 Å². The molecule has 0 radical (unpaired) electrons. The summed E-state index contributed by atoms with van der Waals surface area (Å²) in [5, 5.41) is 5.25. The molecule has 138 valence electrons. The van der Waals surface area contributed by atoms with Crippen molar-refractivity contribution in [2.24, 2.45) is 10.8 Å². The third kappa shape index (κ3) is 5.69. The molecule has 0 aliphatic rings. The van der Waals surface area contributed by atoms with Crippen molar-refractivity contribution in [3.63, 3.8) is 0 Å². The standard InChI is InChI=1S/C17H16Cl3N3O3/c1-2-25-15-5-10(3-4-14(15)26-9-16(21)24)8-22-23-17-12(19)6-11(18)7-13(17)20/h3-8,23H,2,9H2,1H3,(H2,21,24). The van der Waals surface area contributed by atoms with E-state index < -0.39 is 5.91 Å². The fraction of sp³-hybridized carbons (Fsp3) is 0.176. The Morgan fingerprint density at radius 2 is 1.85 bits per heavy atom. The van der Waals surface area contributed by atoms with Crippen LogP contribution in [0.4, 0.5) is 5.69 Å². The molecular formula is C17H16Cl3N3O3. The first-order valence-electron chi connectivity index (χ1n) is 7.52. The first-order valence-corrected chi connectivity index (χ1v) is 8.65. The largest absolute Gasteiger partial charge is 0.490 e. The van der Waals surface area contributed by atoms with Crippen molar-refractivity contribution in [1.82, 2.24) is 0 Å². The number of halogens is 3. The minimum atomic E-state index is -0.570. The SMILES string of the molecule is CCOc1cc(C=NNc2c(Cl)cc(Cl)cc2Cl)ccc1OCC(N)=O. The number of ether oxygens (including phenoxy) is 2. The van der Waals surface area contributed by atoms with Gasteiger partial charge in [0.05, 0.1) is 28.6 Å². The number of nitrogens with zero attached hydrogens (tertiary/aromatic N) is 1. The Hall–Kier alpha value is -2.15. The van der Waals surface area contributed by atoms with Crippen LogP contribution in [0.25, 0.3) is 0 Å². The molecule has 0 aromatic heterocycles. The summed E-state index contributed by atoms with van der Waals surface area (Å²) in [6.45, 7) is 2.04. The number of hydrazone groups is 1. The van der Waals surface area contributed by atoms with Crippen molar-refractivity contribution in [2.45, 2.75) is 6.92 Å². The fourth-order valence-corrected chi connectivity index (χ4v) is 2.86. The Bertz CT molecular complexity index is 805. The molecule has 0 aliphatic carbocycles. The molecule has 2 rings (SSSR count). The van der Waals surface area contributed by atoms with E-state index in [9.17, 15) is 4.79 Å². The van der Waals surface area contributed by atoms with Crippen LogP contribution in [-0.4, -0.2) is 25.3 Å². The fourth-order valence-electron chi connectivity index (χ4n) is 1.96. The molecule has 0 unspecified atom stereocenters. The highest BCUT2D eigenvalue weighted by atomic mass is 35.5. The van der Waals surface area contributed by atoms with E-state index in [1.54, 1.807) is 36.5 Å². The summed E-state index contributed by atoms with van der Waals surface area (Å²) in [6.07, 6.45) is 1.56. The van der Waals surface area contributed by atoms with Crippen molar-refractivity contribution >= 4 is 52.6 Å². The second kappa shape index (κ2) is 9.52. The Morgan fingerprint density at radius 1 is 1.15 bits per heavy atom. The maximum atomic E-state index is 10.9. The summed E-state index contributed by atoms with van der Waals surface area (Å²) in [5.41, 5.74) is 9.04. The average molecular weight is 417 g/mol. The number of carbonyl (C=O) groups excluding carboxylic acids is 1. The number of rotatable bonds is 8. The van der Waals surface area contributed by atoms with Gasteiger partial charge in [0.1, 0.15) is 0 Å². The van der Waals surface area contributed by atoms with Gasteiger partial charge in [0.25, 0.3) is 5.91 Å². The van der Waals surface area contributed by atoms with E-state index in [0.717, 1.165) is 5.56 Å². The summed E-state index contributed by atoms with van der Waals surface area (Å²) in [7, 11) is 0. The highest BCUT2D eigenvalue weighted by molar-refractivity contribution is 6.41. The third-order valence-electron chi connectivity index (χ3n) is 3.03. The summed E-state index contributed by atoms with van der Waals surface area (Å²) >= 11 is 18.0. The van der Waals surface area contributed by atoms with Crippen LogP contribution in [0.2, 0.25) is 15.1 Å². The van der Waals surface area contributed by atoms with Crippen LogP contribution in [-0.2, 0) is 4.79 Å². The van der Waals surface area contributed by atoms with E-state index in [1.807, 2.05) is 6.92 Å². The number of nitrogens with two attached hydrogens (primary N) is 1. The molecule has 1 amide bonds. The molecule has 2 aromatic carbocycles. The number of carbonyl (C=O) groups is 1. The molecule has 9 heteroatoms. The van der Waals surface area contributed by atoms with E-state index >= 15 is 0 Å². The number of hydrogen-bond donors (Lipinski definition) is 2. The number of amides is 1. The molecule has 6 nitrogen and oxygen atoms in total. The van der Waals surface area contributed by atoms with Crippen LogP contribution in [0.15, 0.2) is 35.4 Å². The van der Waals surface area contributed by atoms with E-state index in [1.165, 1.54) is 0 Å². The first kappa shape index (κ1) is 20.2. The number of benzene rings is 2. The highest BCUT2D eigenvalue weighted by Gasteiger charge is 2.08. The summed E-state index contributed by atoms with van der Waals surface area (Å²) in [4.78, 5) is 10.9. The Morgan fingerprint density at radius 3 is 2.46 bits per heavy atom. The molecular weight excluding hydrogens is 401 g/mol. The second-order valence-electron chi connectivity index (χ2n) is 5.01. The molecule has 26 heavy (non-hydrogen) atoms. The first-order chi connectivity index (χ1) is 12.4. The maximum absolute atomic E-state index is 10.9.